The number of thiazole rings is 1. The third-order valence-corrected chi connectivity index (χ3v) is 7.75. The summed E-state index contributed by atoms with van der Waals surface area (Å²) < 4.78 is 19.7. The van der Waals surface area contributed by atoms with Crippen molar-refractivity contribution in [3.63, 3.8) is 0 Å². The van der Waals surface area contributed by atoms with Crippen molar-refractivity contribution in [2.45, 2.75) is 31.6 Å². The summed E-state index contributed by atoms with van der Waals surface area (Å²) in [6, 6.07) is 10.7. The Hall–Kier alpha value is -2.00. The van der Waals surface area contributed by atoms with E-state index >= 15 is 0 Å². The number of benzene rings is 2. The van der Waals surface area contributed by atoms with Gasteiger partial charge < -0.3 is 4.74 Å². The van der Waals surface area contributed by atoms with Crippen LogP contribution in [-0.2, 0) is 9.53 Å². The standard InChI is InChI=1S/C25H30FN3O2S2/c1-18-16-19(2)24-22(17-18)33-25(27-24)29(10-3-9-28-11-13-31-14-12-28)23(30)8-15-32-21-6-4-20(26)5-7-21/h4-7,16-17H,3,8-15H2,1-2H3. The monoisotopic (exact) mass is 487 g/mol. The number of halogens is 1. The molecule has 1 aliphatic rings. The molecule has 0 radical (unpaired) electrons. The fraction of sp³-hybridized carbons (Fsp3) is 0.440. The number of hydrogen-bond donors (Lipinski definition) is 0. The molecule has 0 aliphatic carbocycles. The first-order valence-electron chi connectivity index (χ1n) is 11.4. The first-order valence-corrected chi connectivity index (χ1v) is 13.2. The summed E-state index contributed by atoms with van der Waals surface area (Å²) >= 11 is 3.16. The van der Waals surface area contributed by atoms with Crippen LogP contribution in [0.3, 0.4) is 0 Å². The minimum Gasteiger partial charge on any atom is -0.379 e. The van der Waals surface area contributed by atoms with E-state index in [0.29, 0.717) is 18.7 Å². The molecule has 0 atom stereocenters. The van der Waals surface area contributed by atoms with Crippen LogP contribution in [0.25, 0.3) is 10.2 Å². The van der Waals surface area contributed by atoms with E-state index < -0.39 is 0 Å². The average Bonchev–Trinajstić information content (AvgIpc) is 3.22. The zero-order valence-corrected chi connectivity index (χ0v) is 20.8. The third-order valence-electron chi connectivity index (χ3n) is 5.71. The lowest BCUT2D eigenvalue weighted by Crippen LogP contribution is -2.39. The second kappa shape index (κ2) is 11.4. The van der Waals surface area contributed by atoms with E-state index in [2.05, 4.69) is 30.9 Å². The summed E-state index contributed by atoms with van der Waals surface area (Å²) in [5.74, 6) is 0.483. The van der Waals surface area contributed by atoms with E-state index in [0.717, 1.165) is 65.1 Å². The second-order valence-corrected chi connectivity index (χ2v) is 10.5. The molecular weight excluding hydrogens is 457 g/mol. The van der Waals surface area contributed by atoms with Gasteiger partial charge in [0.05, 0.1) is 23.4 Å². The SMILES string of the molecule is Cc1cc(C)c2nc(N(CCCN3CCOCC3)C(=O)CCSc3ccc(F)cc3)sc2c1. The summed E-state index contributed by atoms with van der Waals surface area (Å²) in [7, 11) is 0. The van der Waals surface area contributed by atoms with Gasteiger partial charge in [-0.1, -0.05) is 17.4 Å². The smallest absolute Gasteiger partial charge is 0.229 e. The highest BCUT2D eigenvalue weighted by atomic mass is 32.2. The summed E-state index contributed by atoms with van der Waals surface area (Å²) in [5, 5.41) is 0.775. The number of hydrogen-bond acceptors (Lipinski definition) is 6. The molecule has 1 fully saturated rings. The second-order valence-electron chi connectivity index (χ2n) is 8.33. The molecule has 3 aromatic rings. The molecule has 2 aromatic carbocycles. The Morgan fingerprint density at radius 1 is 1.21 bits per heavy atom. The van der Waals surface area contributed by atoms with Gasteiger partial charge in [-0.25, -0.2) is 9.37 Å². The number of rotatable bonds is 9. The molecule has 5 nitrogen and oxygen atoms in total. The van der Waals surface area contributed by atoms with Crippen LogP contribution in [0.2, 0.25) is 0 Å². The van der Waals surface area contributed by atoms with E-state index in [1.807, 2.05) is 4.90 Å². The Morgan fingerprint density at radius 2 is 1.97 bits per heavy atom. The Kier molecular flexibility index (Phi) is 8.35. The minimum absolute atomic E-state index is 0.0834. The summed E-state index contributed by atoms with van der Waals surface area (Å²) in [5.41, 5.74) is 3.32. The lowest BCUT2D eigenvalue weighted by Gasteiger charge is -2.27. The molecule has 33 heavy (non-hydrogen) atoms. The van der Waals surface area contributed by atoms with Crippen molar-refractivity contribution in [2.24, 2.45) is 0 Å². The Balaban J connectivity index is 1.44. The van der Waals surface area contributed by atoms with Crippen molar-refractivity contribution < 1.29 is 13.9 Å². The van der Waals surface area contributed by atoms with Crippen LogP contribution >= 0.6 is 23.1 Å². The largest absolute Gasteiger partial charge is 0.379 e. The molecule has 2 heterocycles. The third kappa shape index (κ3) is 6.53. The number of anilines is 1. The van der Waals surface area contributed by atoms with Gasteiger partial charge in [0.25, 0.3) is 0 Å². The predicted molar refractivity (Wildman–Crippen MR) is 135 cm³/mol. The molecule has 0 N–H and O–H groups in total. The molecule has 1 aromatic heterocycles. The number of amides is 1. The fourth-order valence-corrected chi connectivity index (χ4v) is 6.03. The van der Waals surface area contributed by atoms with Crippen molar-refractivity contribution >= 4 is 44.4 Å². The quantitative estimate of drug-likeness (QED) is 0.384. The Morgan fingerprint density at radius 3 is 2.73 bits per heavy atom. The highest BCUT2D eigenvalue weighted by molar-refractivity contribution is 7.99. The molecule has 1 aliphatic heterocycles. The highest BCUT2D eigenvalue weighted by Gasteiger charge is 2.21. The van der Waals surface area contributed by atoms with Crippen LogP contribution in [0.1, 0.15) is 24.0 Å². The molecule has 0 saturated carbocycles. The maximum Gasteiger partial charge on any atom is 0.229 e. The molecule has 176 valence electrons. The molecule has 8 heteroatoms. The van der Waals surface area contributed by atoms with Crippen LogP contribution in [-0.4, -0.2) is 60.9 Å². The molecular formula is C25H30FN3O2S2. The fourth-order valence-electron chi connectivity index (χ4n) is 4.00. The van der Waals surface area contributed by atoms with Gasteiger partial charge in [0.2, 0.25) is 5.91 Å². The number of aromatic nitrogens is 1. The topological polar surface area (TPSA) is 45.7 Å². The van der Waals surface area contributed by atoms with Gasteiger partial charge in [0.1, 0.15) is 5.82 Å². The van der Waals surface area contributed by atoms with E-state index in [1.54, 1.807) is 35.2 Å². The van der Waals surface area contributed by atoms with Crippen molar-refractivity contribution in [1.82, 2.24) is 9.88 Å². The number of ether oxygens (including phenoxy) is 1. The molecule has 0 unspecified atom stereocenters. The van der Waals surface area contributed by atoms with Crippen molar-refractivity contribution in [1.29, 1.82) is 0 Å². The highest BCUT2D eigenvalue weighted by Crippen LogP contribution is 2.32. The zero-order valence-electron chi connectivity index (χ0n) is 19.2. The number of fused-ring (bicyclic) bond motifs is 1. The van der Waals surface area contributed by atoms with Crippen LogP contribution in [0, 0.1) is 19.7 Å². The maximum absolute atomic E-state index is 13.3. The Labute approximate surface area is 202 Å². The first kappa shape index (κ1) is 24.1. The van der Waals surface area contributed by atoms with E-state index in [4.69, 9.17) is 9.72 Å². The van der Waals surface area contributed by atoms with E-state index in [-0.39, 0.29) is 11.7 Å². The summed E-state index contributed by atoms with van der Waals surface area (Å²) in [4.78, 5) is 23.4. The number of carbonyl (C=O) groups is 1. The average molecular weight is 488 g/mol. The molecule has 0 bridgehead atoms. The van der Waals surface area contributed by atoms with Gasteiger partial charge in [-0.2, -0.15) is 0 Å². The van der Waals surface area contributed by atoms with Gasteiger partial charge in [0, 0.05) is 43.2 Å². The van der Waals surface area contributed by atoms with Crippen molar-refractivity contribution in [2.75, 3.05) is 50.0 Å². The van der Waals surface area contributed by atoms with E-state index in [9.17, 15) is 9.18 Å². The lowest BCUT2D eigenvalue weighted by molar-refractivity contribution is -0.118. The van der Waals surface area contributed by atoms with Crippen LogP contribution in [0.4, 0.5) is 9.52 Å². The number of aryl methyl sites for hydroxylation is 2. The number of thioether (sulfide) groups is 1. The number of nitrogens with zero attached hydrogens (tertiary/aromatic N) is 3. The predicted octanol–water partition coefficient (Wildman–Crippen LogP) is 5.29. The molecule has 1 saturated heterocycles. The summed E-state index contributed by atoms with van der Waals surface area (Å²) in [6.45, 7) is 9.20. The molecule has 1 amide bonds. The van der Waals surface area contributed by atoms with Crippen molar-refractivity contribution in [3.05, 3.63) is 53.3 Å². The van der Waals surface area contributed by atoms with E-state index in [1.165, 1.54) is 17.7 Å². The summed E-state index contributed by atoms with van der Waals surface area (Å²) in [6.07, 6.45) is 1.30. The van der Waals surface area contributed by atoms with Crippen LogP contribution < -0.4 is 4.90 Å². The zero-order chi connectivity index (χ0) is 23.2. The van der Waals surface area contributed by atoms with Crippen LogP contribution in [0.5, 0.6) is 0 Å². The maximum atomic E-state index is 13.3. The van der Waals surface area contributed by atoms with Gasteiger partial charge in [-0.05, 0) is 61.7 Å². The minimum atomic E-state index is -0.247. The number of morpholine rings is 1. The number of carbonyl (C=O) groups excluding carboxylic acids is 1. The van der Waals surface area contributed by atoms with Gasteiger partial charge in [-0.3, -0.25) is 14.6 Å². The Bertz CT molecular complexity index is 1080. The molecule has 0 spiro atoms. The molecule has 4 rings (SSSR count). The van der Waals surface area contributed by atoms with Crippen LogP contribution in [0.15, 0.2) is 41.3 Å². The first-order chi connectivity index (χ1) is 16.0. The van der Waals surface area contributed by atoms with Crippen molar-refractivity contribution in [3.8, 4) is 0 Å². The van der Waals surface area contributed by atoms with Gasteiger partial charge >= 0.3 is 0 Å². The normalized spacial score (nSPS) is 14.6. The van der Waals surface area contributed by atoms with Gasteiger partial charge in [-0.15, -0.1) is 11.8 Å². The lowest BCUT2D eigenvalue weighted by atomic mass is 10.1. The van der Waals surface area contributed by atoms with Gasteiger partial charge in [0.15, 0.2) is 5.13 Å².